The van der Waals surface area contributed by atoms with E-state index < -0.39 is 0 Å². The van der Waals surface area contributed by atoms with Crippen LogP contribution in [0.25, 0.3) is 0 Å². The number of likely N-dealkylation sites (tertiary alicyclic amines) is 1. The van der Waals surface area contributed by atoms with Crippen LogP contribution in [0.4, 0.5) is 0 Å². The molecule has 0 atom stereocenters. The molecule has 17 heavy (non-hydrogen) atoms. The maximum absolute atomic E-state index is 11.2. The Balaban J connectivity index is 1.74. The van der Waals surface area contributed by atoms with Crippen molar-refractivity contribution in [1.82, 2.24) is 15.2 Å². The van der Waals surface area contributed by atoms with Crippen molar-refractivity contribution in [3.63, 3.8) is 0 Å². The van der Waals surface area contributed by atoms with Crippen LogP contribution in [0, 0.1) is 0 Å². The fourth-order valence-corrected chi connectivity index (χ4v) is 2.15. The Kier molecular flexibility index (Phi) is 4.09. The number of amides is 1. The number of aromatic nitrogens is 1. The van der Waals surface area contributed by atoms with Crippen LogP contribution in [0.2, 0.25) is 0 Å². The molecule has 4 nitrogen and oxygen atoms in total. The first kappa shape index (κ1) is 12.0. The summed E-state index contributed by atoms with van der Waals surface area (Å²) in [4.78, 5) is 17.4. The zero-order valence-electron chi connectivity index (χ0n) is 10.2. The lowest BCUT2D eigenvalue weighted by molar-refractivity contribution is -0.129. The Morgan fingerprint density at radius 2 is 2.24 bits per heavy atom. The standard InChI is InChI=1S/C13H19N3O/c1-11(17)16-8-5-12(6-9-16)15-10-13-4-2-3-7-14-13/h2-4,7,12,15H,5-6,8-10H2,1H3. The summed E-state index contributed by atoms with van der Waals surface area (Å²) >= 11 is 0. The van der Waals surface area contributed by atoms with E-state index >= 15 is 0 Å². The van der Waals surface area contributed by atoms with Gasteiger partial charge in [0.1, 0.15) is 0 Å². The second kappa shape index (κ2) is 5.77. The average Bonchev–Trinajstić information content (AvgIpc) is 2.38. The van der Waals surface area contributed by atoms with Gasteiger partial charge in [-0.2, -0.15) is 0 Å². The first-order valence-corrected chi connectivity index (χ1v) is 6.14. The van der Waals surface area contributed by atoms with E-state index in [-0.39, 0.29) is 5.91 Å². The van der Waals surface area contributed by atoms with Gasteiger partial charge in [0, 0.05) is 38.8 Å². The molecule has 1 fully saturated rings. The van der Waals surface area contributed by atoms with Gasteiger partial charge in [-0.1, -0.05) is 6.07 Å². The summed E-state index contributed by atoms with van der Waals surface area (Å²) in [5.74, 6) is 0.188. The molecule has 2 heterocycles. The molecule has 0 radical (unpaired) electrons. The number of carbonyl (C=O) groups excluding carboxylic acids is 1. The van der Waals surface area contributed by atoms with Gasteiger partial charge in [0.2, 0.25) is 5.91 Å². The van der Waals surface area contributed by atoms with Crippen LogP contribution < -0.4 is 5.32 Å². The van der Waals surface area contributed by atoms with Crippen molar-refractivity contribution in [2.24, 2.45) is 0 Å². The maximum atomic E-state index is 11.2. The second-order valence-electron chi connectivity index (χ2n) is 4.48. The van der Waals surface area contributed by atoms with Crippen molar-refractivity contribution in [3.8, 4) is 0 Å². The molecule has 4 heteroatoms. The van der Waals surface area contributed by atoms with Crippen molar-refractivity contribution >= 4 is 5.91 Å². The van der Waals surface area contributed by atoms with Gasteiger partial charge in [-0.3, -0.25) is 9.78 Å². The summed E-state index contributed by atoms with van der Waals surface area (Å²) in [6.45, 7) is 4.19. The van der Waals surface area contributed by atoms with E-state index in [0.717, 1.165) is 38.2 Å². The molecule has 0 unspecified atom stereocenters. The normalized spacial score (nSPS) is 17.1. The molecule has 1 saturated heterocycles. The van der Waals surface area contributed by atoms with Crippen LogP contribution in [-0.4, -0.2) is 34.9 Å². The zero-order chi connectivity index (χ0) is 12.1. The molecule has 1 aromatic heterocycles. The van der Waals surface area contributed by atoms with E-state index in [0.29, 0.717) is 6.04 Å². The minimum absolute atomic E-state index is 0.188. The van der Waals surface area contributed by atoms with Gasteiger partial charge in [0.05, 0.1) is 5.69 Å². The zero-order valence-corrected chi connectivity index (χ0v) is 10.2. The Hall–Kier alpha value is -1.42. The molecule has 92 valence electrons. The van der Waals surface area contributed by atoms with E-state index in [9.17, 15) is 4.79 Å². The number of nitrogens with zero attached hydrogens (tertiary/aromatic N) is 2. The Morgan fingerprint density at radius 1 is 1.47 bits per heavy atom. The van der Waals surface area contributed by atoms with Crippen LogP contribution in [0.5, 0.6) is 0 Å². The average molecular weight is 233 g/mol. The van der Waals surface area contributed by atoms with Gasteiger partial charge in [0.15, 0.2) is 0 Å². The number of nitrogens with one attached hydrogen (secondary N) is 1. The third-order valence-corrected chi connectivity index (χ3v) is 3.24. The Labute approximate surface area is 102 Å². The molecule has 0 bridgehead atoms. The quantitative estimate of drug-likeness (QED) is 0.852. The van der Waals surface area contributed by atoms with E-state index in [4.69, 9.17) is 0 Å². The number of carbonyl (C=O) groups is 1. The molecular formula is C13H19N3O. The summed E-state index contributed by atoms with van der Waals surface area (Å²) in [5, 5.41) is 3.50. The maximum Gasteiger partial charge on any atom is 0.219 e. The predicted molar refractivity (Wildman–Crippen MR) is 66.4 cm³/mol. The van der Waals surface area contributed by atoms with E-state index in [1.807, 2.05) is 29.3 Å². The van der Waals surface area contributed by atoms with Gasteiger partial charge < -0.3 is 10.2 Å². The third-order valence-electron chi connectivity index (χ3n) is 3.24. The molecule has 1 aromatic rings. The minimum Gasteiger partial charge on any atom is -0.343 e. The van der Waals surface area contributed by atoms with Gasteiger partial charge in [-0.25, -0.2) is 0 Å². The number of rotatable bonds is 3. The molecule has 2 rings (SSSR count). The minimum atomic E-state index is 0.188. The summed E-state index contributed by atoms with van der Waals surface area (Å²) in [6, 6.07) is 6.46. The second-order valence-corrected chi connectivity index (χ2v) is 4.48. The van der Waals surface area contributed by atoms with Gasteiger partial charge in [-0.05, 0) is 25.0 Å². The van der Waals surface area contributed by atoms with Crippen molar-refractivity contribution in [2.45, 2.75) is 32.4 Å². The molecular weight excluding hydrogens is 214 g/mol. The smallest absolute Gasteiger partial charge is 0.219 e. The highest BCUT2D eigenvalue weighted by molar-refractivity contribution is 5.73. The lowest BCUT2D eigenvalue weighted by Gasteiger charge is -2.31. The van der Waals surface area contributed by atoms with Crippen LogP contribution >= 0.6 is 0 Å². The fraction of sp³-hybridized carbons (Fsp3) is 0.538. The summed E-state index contributed by atoms with van der Waals surface area (Å²) in [6.07, 6.45) is 3.88. The van der Waals surface area contributed by atoms with Crippen molar-refractivity contribution in [2.75, 3.05) is 13.1 Å². The van der Waals surface area contributed by atoms with Crippen molar-refractivity contribution < 1.29 is 4.79 Å². The molecule has 1 amide bonds. The van der Waals surface area contributed by atoms with E-state index in [2.05, 4.69) is 10.3 Å². The van der Waals surface area contributed by atoms with Crippen LogP contribution in [0.3, 0.4) is 0 Å². The van der Waals surface area contributed by atoms with Gasteiger partial charge in [0.25, 0.3) is 0 Å². The molecule has 0 saturated carbocycles. The molecule has 0 spiro atoms. The van der Waals surface area contributed by atoms with E-state index in [1.165, 1.54) is 0 Å². The van der Waals surface area contributed by atoms with Crippen molar-refractivity contribution in [3.05, 3.63) is 30.1 Å². The summed E-state index contributed by atoms with van der Waals surface area (Å²) in [7, 11) is 0. The lowest BCUT2D eigenvalue weighted by Crippen LogP contribution is -2.44. The first-order chi connectivity index (χ1) is 8.25. The highest BCUT2D eigenvalue weighted by Gasteiger charge is 2.19. The molecule has 0 aromatic carbocycles. The summed E-state index contributed by atoms with van der Waals surface area (Å²) < 4.78 is 0. The van der Waals surface area contributed by atoms with Crippen LogP contribution in [0.1, 0.15) is 25.5 Å². The SMILES string of the molecule is CC(=O)N1CCC(NCc2ccccn2)CC1. The number of hydrogen-bond acceptors (Lipinski definition) is 3. The van der Waals surface area contributed by atoms with Crippen LogP contribution in [0.15, 0.2) is 24.4 Å². The fourth-order valence-electron chi connectivity index (χ4n) is 2.15. The Morgan fingerprint density at radius 3 is 2.82 bits per heavy atom. The first-order valence-electron chi connectivity index (χ1n) is 6.14. The molecule has 0 aliphatic carbocycles. The molecule has 1 N–H and O–H groups in total. The van der Waals surface area contributed by atoms with Crippen molar-refractivity contribution in [1.29, 1.82) is 0 Å². The van der Waals surface area contributed by atoms with E-state index in [1.54, 1.807) is 6.92 Å². The largest absolute Gasteiger partial charge is 0.343 e. The third kappa shape index (κ3) is 3.53. The Bertz CT molecular complexity index is 358. The summed E-state index contributed by atoms with van der Waals surface area (Å²) in [5.41, 5.74) is 1.07. The lowest BCUT2D eigenvalue weighted by atomic mass is 10.0. The number of pyridine rings is 1. The highest BCUT2D eigenvalue weighted by Crippen LogP contribution is 2.10. The predicted octanol–water partition coefficient (Wildman–Crippen LogP) is 1.18. The number of piperidine rings is 1. The topological polar surface area (TPSA) is 45.2 Å². The van der Waals surface area contributed by atoms with Gasteiger partial charge in [-0.15, -0.1) is 0 Å². The molecule has 1 aliphatic heterocycles. The molecule has 1 aliphatic rings. The number of hydrogen-bond donors (Lipinski definition) is 1. The highest BCUT2D eigenvalue weighted by atomic mass is 16.2. The van der Waals surface area contributed by atoms with Gasteiger partial charge >= 0.3 is 0 Å². The van der Waals surface area contributed by atoms with Crippen LogP contribution in [-0.2, 0) is 11.3 Å². The monoisotopic (exact) mass is 233 g/mol.